The number of carbonyl (C=O) groups excluding carboxylic acids is 1. The van der Waals surface area contributed by atoms with Gasteiger partial charge >= 0.3 is 0 Å². The van der Waals surface area contributed by atoms with Crippen LogP contribution in [0.4, 0.5) is 0 Å². The third-order valence-electron chi connectivity index (χ3n) is 4.28. The molecule has 1 fully saturated rings. The number of carbonyl (C=O) groups is 1. The second-order valence-corrected chi connectivity index (χ2v) is 8.32. The first-order chi connectivity index (χ1) is 12.2. The van der Waals surface area contributed by atoms with Crippen molar-refractivity contribution in [3.8, 4) is 5.75 Å². The lowest BCUT2D eigenvalue weighted by Crippen LogP contribution is -2.50. The lowest BCUT2D eigenvalue weighted by molar-refractivity contribution is 0.0694. The van der Waals surface area contributed by atoms with Crippen LogP contribution in [0, 0.1) is 13.8 Å². The van der Waals surface area contributed by atoms with Gasteiger partial charge in [0.1, 0.15) is 16.3 Å². The summed E-state index contributed by atoms with van der Waals surface area (Å²) in [5.74, 6) is -0.311. The van der Waals surface area contributed by atoms with E-state index >= 15 is 0 Å². The number of rotatable bonds is 3. The molecule has 0 atom stereocenters. The summed E-state index contributed by atoms with van der Waals surface area (Å²) in [7, 11) is -3.74. The maximum Gasteiger partial charge on any atom is 0.257 e. The van der Waals surface area contributed by atoms with Gasteiger partial charge in [-0.15, -0.1) is 0 Å². The van der Waals surface area contributed by atoms with Crippen molar-refractivity contribution in [2.24, 2.45) is 0 Å². The van der Waals surface area contributed by atoms with Gasteiger partial charge in [-0.1, -0.05) is 16.8 Å². The van der Waals surface area contributed by atoms with Crippen LogP contribution in [-0.2, 0) is 10.0 Å². The van der Waals surface area contributed by atoms with Crippen molar-refractivity contribution < 1.29 is 22.8 Å². The van der Waals surface area contributed by atoms with Crippen LogP contribution in [0.3, 0.4) is 0 Å². The zero-order valence-electron chi connectivity index (χ0n) is 14.3. The van der Waals surface area contributed by atoms with E-state index < -0.39 is 10.0 Å². The number of benzene rings is 1. The number of phenolic OH excluding ortho intramolecular Hbond substituents is 1. The third kappa shape index (κ3) is 3.29. The van der Waals surface area contributed by atoms with E-state index in [1.807, 2.05) is 0 Å². The number of aromatic hydroxyl groups is 1. The zero-order valence-corrected chi connectivity index (χ0v) is 15.8. The lowest BCUT2D eigenvalue weighted by Gasteiger charge is -2.34. The normalized spacial score (nSPS) is 16.0. The largest absolute Gasteiger partial charge is 0.507 e. The van der Waals surface area contributed by atoms with Crippen molar-refractivity contribution in [1.29, 1.82) is 0 Å². The van der Waals surface area contributed by atoms with Crippen LogP contribution in [-0.4, -0.2) is 60.0 Å². The summed E-state index contributed by atoms with van der Waals surface area (Å²) in [6, 6.07) is 4.24. The van der Waals surface area contributed by atoms with Crippen molar-refractivity contribution in [2.75, 3.05) is 26.2 Å². The van der Waals surface area contributed by atoms with Gasteiger partial charge in [-0.25, -0.2) is 8.42 Å². The maximum absolute atomic E-state index is 12.8. The number of hydrogen-bond donors (Lipinski definition) is 1. The predicted octanol–water partition coefficient (Wildman–Crippen LogP) is 1.80. The monoisotopic (exact) mass is 399 g/mol. The molecule has 0 bridgehead atoms. The van der Waals surface area contributed by atoms with Gasteiger partial charge in [0.15, 0.2) is 5.76 Å². The molecule has 2 aromatic rings. The number of nitrogens with zero attached hydrogens (tertiary/aromatic N) is 3. The fraction of sp³-hybridized carbons (Fsp3) is 0.375. The van der Waals surface area contributed by atoms with E-state index in [1.165, 1.54) is 27.4 Å². The molecule has 0 aliphatic carbocycles. The number of piperazine rings is 1. The highest BCUT2D eigenvalue weighted by molar-refractivity contribution is 7.89. The summed E-state index contributed by atoms with van der Waals surface area (Å²) in [6.45, 7) is 3.80. The number of halogens is 1. The van der Waals surface area contributed by atoms with Gasteiger partial charge < -0.3 is 14.5 Å². The van der Waals surface area contributed by atoms with Crippen molar-refractivity contribution in [3.63, 3.8) is 0 Å². The molecule has 1 aromatic heterocycles. The lowest BCUT2D eigenvalue weighted by atomic mass is 10.1. The minimum absolute atomic E-state index is 0.0739. The molecule has 10 heteroatoms. The van der Waals surface area contributed by atoms with Crippen molar-refractivity contribution in [2.45, 2.75) is 18.7 Å². The molecule has 1 saturated heterocycles. The van der Waals surface area contributed by atoms with Crippen LogP contribution >= 0.6 is 11.6 Å². The van der Waals surface area contributed by atoms with Gasteiger partial charge in [-0.2, -0.15) is 4.31 Å². The van der Waals surface area contributed by atoms with Crippen LogP contribution in [0.5, 0.6) is 5.75 Å². The minimum Gasteiger partial charge on any atom is -0.507 e. The maximum atomic E-state index is 12.8. The summed E-state index contributed by atoms with van der Waals surface area (Å²) in [4.78, 5) is 14.1. The average molecular weight is 400 g/mol. The zero-order chi connectivity index (χ0) is 19.1. The molecule has 140 valence electrons. The fourth-order valence-corrected chi connectivity index (χ4v) is 4.84. The molecule has 26 heavy (non-hydrogen) atoms. The summed E-state index contributed by atoms with van der Waals surface area (Å²) >= 11 is 5.89. The number of aromatic nitrogens is 1. The van der Waals surface area contributed by atoms with Gasteiger partial charge in [0.05, 0.1) is 5.56 Å². The topological polar surface area (TPSA) is 104 Å². The average Bonchev–Trinajstić information content (AvgIpc) is 2.95. The molecule has 1 amide bonds. The summed E-state index contributed by atoms with van der Waals surface area (Å²) in [6.07, 6.45) is 0. The Kier molecular flexibility index (Phi) is 4.96. The van der Waals surface area contributed by atoms with Crippen molar-refractivity contribution in [3.05, 3.63) is 40.2 Å². The Morgan fingerprint density at radius 3 is 2.46 bits per heavy atom. The Bertz CT molecular complexity index is 929. The van der Waals surface area contributed by atoms with Crippen LogP contribution < -0.4 is 0 Å². The van der Waals surface area contributed by atoms with Crippen molar-refractivity contribution >= 4 is 27.5 Å². The molecular weight excluding hydrogens is 382 g/mol. The summed E-state index contributed by atoms with van der Waals surface area (Å²) < 4.78 is 31.9. The predicted molar refractivity (Wildman–Crippen MR) is 93.8 cm³/mol. The van der Waals surface area contributed by atoms with Gasteiger partial charge in [0, 0.05) is 31.2 Å². The molecule has 0 spiro atoms. The minimum atomic E-state index is -3.74. The van der Waals surface area contributed by atoms with Gasteiger partial charge in [-0.05, 0) is 32.0 Å². The second kappa shape index (κ2) is 6.90. The van der Waals surface area contributed by atoms with Gasteiger partial charge in [-0.3, -0.25) is 4.79 Å². The molecule has 0 saturated carbocycles. The first-order valence-electron chi connectivity index (χ1n) is 7.92. The van der Waals surface area contributed by atoms with Crippen LogP contribution in [0.15, 0.2) is 27.6 Å². The molecular formula is C16H18ClN3O5S. The van der Waals surface area contributed by atoms with E-state index in [2.05, 4.69) is 5.16 Å². The Hall–Kier alpha value is -2.10. The highest BCUT2D eigenvalue weighted by atomic mass is 35.5. The van der Waals surface area contributed by atoms with E-state index in [1.54, 1.807) is 13.8 Å². The Morgan fingerprint density at radius 1 is 1.23 bits per heavy atom. The van der Waals surface area contributed by atoms with E-state index in [-0.39, 0.29) is 54.1 Å². The molecule has 0 radical (unpaired) electrons. The Balaban J connectivity index is 1.75. The fourth-order valence-electron chi connectivity index (χ4n) is 2.95. The highest BCUT2D eigenvalue weighted by Crippen LogP contribution is 2.26. The third-order valence-corrected chi connectivity index (χ3v) is 6.66. The first-order valence-corrected chi connectivity index (χ1v) is 9.74. The van der Waals surface area contributed by atoms with Crippen LogP contribution in [0.25, 0.3) is 0 Å². The molecule has 1 aromatic carbocycles. The second-order valence-electron chi connectivity index (χ2n) is 6.01. The number of hydrogen-bond acceptors (Lipinski definition) is 6. The quantitative estimate of drug-likeness (QED) is 0.843. The van der Waals surface area contributed by atoms with Gasteiger partial charge in [0.25, 0.3) is 5.91 Å². The number of amides is 1. The van der Waals surface area contributed by atoms with Crippen LogP contribution in [0.2, 0.25) is 5.02 Å². The molecule has 1 aliphatic heterocycles. The smallest absolute Gasteiger partial charge is 0.257 e. The Morgan fingerprint density at radius 2 is 1.88 bits per heavy atom. The first kappa shape index (κ1) is 18.7. The van der Waals surface area contributed by atoms with Gasteiger partial charge in [0.2, 0.25) is 10.0 Å². The van der Waals surface area contributed by atoms with E-state index in [9.17, 15) is 18.3 Å². The Labute approximate surface area is 156 Å². The van der Waals surface area contributed by atoms with E-state index in [4.69, 9.17) is 16.1 Å². The highest BCUT2D eigenvalue weighted by Gasteiger charge is 2.34. The molecule has 3 rings (SSSR count). The number of sulfonamides is 1. The van der Waals surface area contributed by atoms with Crippen molar-refractivity contribution in [1.82, 2.24) is 14.4 Å². The van der Waals surface area contributed by atoms with Crippen LogP contribution in [0.1, 0.15) is 21.8 Å². The summed E-state index contributed by atoms with van der Waals surface area (Å²) in [5, 5.41) is 13.9. The van der Waals surface area contributed by atoms with E-state index in [0.29, 0.717) is 10.7 Å². The molecule has 1 N–H and O–H groups in total. The molecule has 0 unspecified atom stereocenters. The number of aryl methyl sites for hydroxylation is 2. The standard InChI is InChI=1S/C16H18ClN3O5S/c1-10-15(11(2)25-18-10)26(23,24)20-7-5-19(6-8-20)16(22)13-9-12(17)3-4-14(13)21/h3-4,9,21H,5-8H2,1-2H3. The van der Waals surface area contributed by atoms with E-state index in [0.717, 1.165) is 0 Å². The summed E-state index contributed by atoms with van der Waals surface area (Å²) in [5.41, 5.74) is 0.407. The SMILES string of the molecule is Cc1noc(C)c1S(=O)(=O)N1CCN(C(=O)c2cc(Cl)ccc2O)CC1. The molecule has 8 nitrogen and oxygen atoms in total. The number of phenols is 1. The molecule has 2 heterocycles. The molecule has 1 aliphatic rings.